The van der Waals surface area contributed by atoms with Gasteiger partial charge in [0, 0.05) is 32.4 Å². The molecular formula is C17H20Cl2FN5O2. The number of carbonyl (C=O) groups is 1. The van der Waals surface area contributed by atoms with Crippen molar-refractivity contribution >= 4 is 46.0 Å². The molecule has 2 aromatic rings. The van der Waals surface area contributed by atoms with Crippen LogP contribution in [0.1, 0.15) is 27.2 Å². The van der Waals surface area contributed by atoms with E-state index in [0.29, 0.717) is 30.7 Å². The van der Waals surface area contributed by atoms with Gasteiger partial charge in [-0.1, -0.05) is 11.6 Å². The number of halogens is 3. The first-order chi connectivity index (χ1) is 12.6. The first kappa shape index (κ1) is 19.8. The molecule has 0 spiro atoms. The lowest BCUT2D eigenvalue weighted by Gasteiger charge is -2.28. The average molecular weight is 416 g/mol. The van der Waals surface area contributed by atoms with E-state index in [9.17, 15) is 9.18 Å². The maximum Gasteiger partial charge on any atom is 0.410 e. The monoisotopic (exact) mass is 415 g/mol. The van der Waals surface area contributed by atoms with Crippen LogP contribution in [0.4, 0.5) is 15.0 Å². The summed E-state index contributed by atoms with van der Waals surface area (Å²) in [5, 5.41) is 0.0369. The molecule has 1 atom stereocenters. The fourth-order valence-corrected chi connectivity index (χ4v) is 3.29. The van der Waals surface area contributed by atoms with Crippen LogP contribution in [-0.4, -0.2) is 57.7 Å². The number of fused-ring (bicyclic) bond motifs is 1. The average Bonchev–Trinajstić information content (AvgIpc) is 3.06. The van der Waals surface area contributed by atoms with Crippen LogP contribution in [-0.2, 0) is 4.74 Å². The summed E-state index contributed by atoms with van der Waals surface area (Å²) in [6, 6.07) is -0.0366. The Morgan fingerprint density at radius 3 is 2.74 bits per heavy atom. The summed E-state index contributed by atoms with van der Waals surface area (Å²) in [4.78, 5) is 27.8. The van der Waals surface area contributed by atoms with Gasteiger partial charge in [0.05, 0.1) is 5.39 Å². The zero-order valence-corrected chi connectivity index (χ0v) is 17.0. The Labute approximate surface area is 166 Å². The molecule has 1 aliphatic heterocycles. The molecule has 27 heavy (non-hydrogen) atoms. The SMILES string of the molecule is CN(c1nc(Cl)nc2c(F)c(Cl)ncc12)[C@@H]1CCN(C(=O)OC(C)(C)C)C1. The molecule has 1 fully saturated rings. The number of nitrogens with zero attached hydrogens (tertiary/aromatic N) is 5. The van der Waals surface area contributed by atoms with Crippen molar-refractivity contribution in [2.45, 2.75) is 38.8 Å². The van der Waals surface area contributed by atoms with Gasteiger partial charge >= 0.3 is 6.09 Å². The van der Waals surface area contributed by atoms with Gasteiger partial charge in [-0.3, -0.25) is 0 Å². The molecule has 3 heterocycles. The van der Waals surface area contributed by atoms with E-state index in [1.54, 1.807) is 4.90 Å². The molecular weight excluding hydrogens is 396 g/mol. The lowest BCUT2D eigenvalue weighted by Crippen LogP contribution is -2.39. The summed E-state index contributed by atoms with van der Waals surface area (Å²) in [5.74, 6) is -0.306. The Balaban J connectivity index is 1.86. The van der Waals surface area contributed by atoms with Crippen molar-refractivity contribution in [3.63, 3.8) is 0 Å². The molecule has 3 rings (SSSR count). The fraction of sp³-hybridized carbons (Fsp3) is 0.529. The molecule has 10 heteroatoms. The minimum absolute atomic E-state index is 0.0128. The van der Waals surface area contributed by atoms with E-state index < -0.39 is 11.4 Å². The quantitative estimate of drug-likeness (QED) is 0.546. The number of ether oxygens (including phenoxy) is 1. The molecule has 0 aliphatic carbocycles. The normalized spacial score (nSPS) is 17.4. The van der Waals surface area contributed by atoms with E-state index in [-0.39, 0.29) is 28.1 Å². The number of pyridine rings is 1. The van der Waals surface area contributed by atoms with E-state index >= 15 is 0 Å². The third-order valence-electron chi connectivity index (χ3n) is 4.29. The minimum atomic E-state index is -0.741. The van der Waals surface area contributed by atoms with E-state index in [1.165, 1.54) is 6.20 Å². The molecule has 7 nitrogen and oxygen atoms in total. The molecule has 0 radical (unpaired) electrons. The number of carbonyl (C=O) groups excluding carboxylic acids is 1. The van der Waals surface area contributed by atoms with Gasteiger partial charge in [0.2, 0.25) is 5.28 Å². The third-order valence-corrected chi connectivity index (χ3v) is 4.72. The number of hydrogen-bond acceptors (Lipinski definition) is 6. The van der Waals surface area contributed by atoms with E-state index in [4.69, 9.17) is 27.9 Å². The highest BCUT2D eigenvalue weighted by atomic mass is 35.5. The van der Waals surface area contributed by atoms with Crippen LogP contribution < -0.4 is 4.90 Å². The second-order valence-corrected chi connectivity index (χ2v) is 8.12. The number of rotatable bonds is 2. The molecule has 2 aromatic heterocycles. The highest BCUT2D eigenvalue weighted by Gasteiger charge is 2.33. The predicted octanol–water partition coefficient (Wildman–Crippen LogP) is 3.92. The van der Waals surface area contributed by atoms with Crippen molar-refractivity contribution in [1.82, 2.24) is 19.9 Å². The van der Waals surface area contributed by atoms with Gasteiger partial charge in [-0.2, -0.15) is 4.98 Å². The molecule has 1 amide bonds. The number of anilines is 1. The summed E-state index contributed by atoms with van der Waals surface area (Å²) in [5.41, 5.74) is -0.543. The number of aromatic nitrogens is 3. The molecule has 0 bridgehead atoms. The smallest absolute Gasteiger partial charge is 0.410 e. The fourth-order valence-electron chi connectivity index (χ4n) is 2.98. The second kappa shape index (κ2) is 7.24. The van der Waals surface area contributed by atoms with Gasteiger partial charge in [-0.25, -0.2) is 19.2 Å². The van der Waals surface area contributed by atoms with Crippen molar-refractivity contribution in [3.8, 4) is 0 Å². The summed E-state index contributed by atoms with van der Waals surface area (Å²) in [6.45, 7) is 6.49. The summed E-state index contributed by atoms with van der Waals surface area (Å²) in [6.07, 6.45) is 1.77. The van der Waals surface area contributed by atoms with Crippen LogP contribution in [0, 0.1) is 5.82 Å². The standard InChI is InChI=1S/C17H20Cl2FN5O2/c1-17(2,3)27-16(26)25-6-5-9(8-25)24(4)14-10-7-21-13(18)11(20)12(10)22-15(19)23-14/h7,9H,5-6,8H2,1-4H3/t9-/m1/s1. The molecule has 1 aliphatic rings. The summed E-state index contributed by atoms with van der Waals surface area (Å²) < 4.78 is 19.7. The number of hydrogen-bond donors (Lipinski definition) is 0. The Morgan fingerprint density at radius 2 is 2.07 bits per heavy atom. The Kier molecular flexibility index (Phi) is 5.31. The van der Waals surface area contributed by atoms with Crippen LogP contribution in [0.25, 0.3) is 10.9 Å². The van der Waals surface area contributed by atoms with Crippen molar-refractivity contribution in [1.29, 1.82) is 0 Å². The number of likely N-dealkylation sites (tertiary alicyclic amines) is 1. The third kappa shape index (κ3) is 4.16. The predicted molar refractivity (Wildman–Crippen MR) is 102 cm³/mol. The topological polar surface area (TPSA) is 71.5 Å². The zero-order chi connectivity index (χ0) is 19.9. The highest BCUT2D eigenvalue weighted by Crippen LogP contribution is 2.31. The molecule has 0 N–H and O–H groups in total. The Bertz CT molecular complexity index is 890. The Morgan fingerprint density at radius 1 is 1.37 bits per heavy atom. The maximum absolute atomic E-state index is 14.3. The molecule has 0 aromatic carbocycles. The van der Waals surface area contributed by atoms with Gasteiger partial charge < -0.3 is 14.5 Å². The van der Waals surface area contributed by atoms with Crippen LogP contribution >= 0.6 is 23.2 Å². The van der Waals surface area contributed by atoms with Gasteiger partial charge in [0.1, 0.15) is 16.9 Å². The van der Waals surface area contributed by atoms with E-state index in [2.05, 4.69) is 15.0 Å². The van der Waals surface area contributed by atoms with Crippen LogP contribution in [0.3, 0.4) is 0 Å². The largest absolute Gasteiger partial charge is 0.444 e. The lowest BCUT2D eigenvalue weighted by molar-refractivity contribution is 0.0292. The van der Waals surface area contributed by atoms with Crippen molar-refractivity contribution < 1.29 is 13.9 Å². The van der Waals surface area contributed by atoms with E-state index in [0.717, 1.165) is 0 Å². The summed E-state index contributed by atoms with van der Waals surface area (Å²) >= 11 is 11.7. The van der Waals surface area contributed by atoms with Crippen molar-refractivity contribution in [2.24, 2.45) is 0 Å². The highest BCUT2D eigenvalue weighted by molar-refractivity contribution is 6.30. The minimum Gasteiger partial charge on any atom is -0.444 e. The lowest BCUT2D eigenvalue weighted by atomic mass is 10.2. The van der Waals surface area contributed by atoms with Gasteiger partial charge in [0.15, 0.2) is 11.0 Å². The van der Waals surface area contributed by atoms with E-state index in [1.807, 2.05) is 32.7 Å². The molecule has 146 valence electrons. The number of likely N-dealkylation sites (N-methyl/N-ethyl adjacent to an activating group) is 1. The van der Waals surface area contributed by atoms with Crippen LogP contribution in [0.2, 0.25) is 10.4 Å². The molecule has 0 unspecified atom stereocenters. The number of amides is 1. The molecule has 0 saturated carbocycles. The van der Waals surface area contributed by atoms with Gasteiger partial charge in [-0.15, -0.1) is 0 Å². The zero-order valence-electron chi connectivity index (χ0n) is 15.5. The first-order valence-electron chi connectivity index (χ1n) is 8.45. The summed E-state index contributed by atoms with van der Waals surface area (Å²) in [7, 11) is 1.81. The Hall–Kier alpha value is -1.93. The van der Waals surface area contributed by atoms with Crippen molar-refractivity contribution in [3.05, 3.63) is 22.5 Å². The van der Waals surface area contributed by atoms with Crippen LogP contribution in [0.5, 0.6) is 0 Å². The molecule has 1 saturated heterocycles. The van der Waals surface area contributed by atoms with Gasteiger partial charge in [-0.05, 0) is 38.8 Å². The van der Waals surface area contributed by atoms with Gasteiger partial charge in [0.25, 0.3) is 0 Å². The van der Waals surface area contributed by atoms with Crippen molar-refractivity contribution in [2.75, 3.05) is 25.0 Å². The van der Waals surface area contributed by atoms with Crippen LogP contribution in [0.15, 0.2) is 6.20 Å². The first-order valence-corrected chi connectivity index (χ1v) is 9.20. The second-order valence-electron chi connectivity index (χ2n) is 7.42. The maximum atomic E-state index is 14.3.